The van der Waals surface area contributed by atoms with Crippen LogP contribution in [0.4, 0.5) is 0 Å². The molecule has 1 fully saturated rings. The summed E-state index contributed by atoms with van der Waals surface area (Å²) in [6.07, 6.45) is 3.26. The van der Waals surface area contributed by atoms with Crippen LogP contribution in [0.15, 0.2) is 0 Å². The van der Waals surface area contributed by atoms with Crippen molar-refractivity contribution in [1.82, 2.24) is 0 Å². The van der Waals surface area contributed by atoms with Gasteiger partial charge in [-0.3, -0.25) is 9.59 Å². The van der Waals surface area contributed by atoms with Gasteiger partial charge >= 0.3 is 5.97 Å². The van der Waals surface area contributed by atoms with E-state index in [1.807, 2.05) is 0 Å². The summed E-state index contributed by atoms with van der Waals surface area (Å²) in [5.41, 5.74) is 0. The SMILES string of the molecule is CC(CC(=O)C1CCC1)C(=O)O. The maximum Gasteiger partial charge on any atom is 0.306 e. The second-order valence-corrected chi connectivity index (χ2v) is 3.54. The van der Waals surface area contributed by atoms with Gasteiger partial charge in [0.25, 0.3) is 0 Å². The number of carboxylic acid groups (broad SMARTS) is 1. The van der Waals surface area contributed by atoms with Crippen molar-refractivity contribution in [3.8, 4) is 0 Å². The Morgan fingerprint density at radius 3 is 2.42 bits per heavy atom. The Bertz CT molecular complexity index is 194. The van der Waals surface area contributed by atoms with E-state index in [9.17, 15) is 9.59 Å². The Labute approximate surface area is 71.8 Å². The number of carbonyl (C=O) groups is 2. The minimum absolute atomic E-state index is 0.135. The van der Waals surface area contributed by atoms with Crippen LogP contribution in [0.25, 0.3) is 0 Å². The molecule has 0 spiro atoms. The van der Waals surface area contributed by atoms with E-state index in [0.29, 0.717) is 0 Å². The van der Waals surface area contributed by atoms with Gasteiger partial charge in [0.15, 0.2) is 0 Å². The van der Waals surface area contributed by atoms with Crippen LogP contribution in [-0.2, 0) is 9.59 Å². The molecule has 1 aliphatic rings. The van der Waals surface area contributed by atoms with Gasteiger partial charge in [0, 0.05) is 12.3 Å². The summed E-state index contributed by atoms with van der Waals surface area (Å²) < 4.78 is 0. The highest BCUT2D eigenvalue weighted by Crippen LogP contribution is 2.29. The van der Waals surface area contributed by atoms with Gasteiger partial charge in [0.05, 0.1) is 5.92 Å². The van der Waals surface area contributed by atoms with Crippen molar-refractivity contribution >= 4 is 11.8 Å². The van der Waals surface area contributed by atoms with Gasteiger partial charge in [-0.25, -0.2) is 0 Å². The molecule has 0 aromatic heterocycles. The Kier molecular flexibility index (Phi) is 2.84. The van der Waals surface area contributed by atoms with E-state index < -0.39 is 11.9 Å². The predicted molar refractivity (Wildman–Crippen MR) is 43.8 cm³/mol. The quantitative estimate of drug-likeness (QED) is 0.695. The van der Waals surface area contributed by atoms with Crippen molar-refractivity contribution in [3.63, 3.8) is 0 Å². The Morgan fingerprint density at radius 2 is 2.08 bits per heavy atom. The zero-order chi connectivity index (χ0) is 9.14. The molecule has 1 unspecified atom stereocenters. The lowest BCUT2D eigenvalue weighted by Crippen LogP contribution is -2.25. The summed E-state index contributed by atoms with van der Waals surface area (Å²) in [7, 11) is 0. The van der Waals surface area contributed by atoms with Crippen molar-refractivity contribution in [2.45, 2.75) is 32.6 Å². The van der Waals surface area contributed by atoms with Crippen LogP contribution in [0, 0.1) is 11.8 Å². The molecule has 0 saturated heterocycles. The fourth-order valence-electron chi connectivity index (χ4n) is 1.29. The first-order valence-corrected chi connectivity index (χ1v) is 4.36. The van der Waals surface area contributed by atoms with E-state index in [0.717, 1.165) is 19.3 Å². The van der Waals surface area contributed by atoms with Crippen molar-refractivity contribution in [1.29, 1.82) is 0 Å². The molecule has 12 heavy (non-hydrogen) atoms. The van der Waals surface area contributed by atoms with E-state index in [1.165, 1.54) is 0 Å². The number of rotatable bonds is 4. The van der Waals surface area contributed by atoms with Gasteiger partial charge in [-0.1, -0.05) is 13.3 Å². The highest BCUT2D eigenvalue weighted by atomic mass is 16.4. The Balaban J connectivity index is 2.29. The molecule has 0 amide bonds. The van der Waals surface area contributed by atoms with Gasteiger partial charge in [-0.15, -0.1) is 0 Å². The molecule has 3 heteroatoms. The van der Waals surface area contributed by atoms with E-state index in [2.05, 4.69) is 0 Å². The number of hydrogen-bond donors (Lipinski definition) is 1. The summed E-state index contributed by atoms with van der Waals surface area (Å²) in [6, 6.07) is 0. The van der Waals surface area contributed by atoms with E-state index in [-0.39, 0.29) is 18.1 Å². The van der Waals surface area contributed by atoms with Crippen LogP contribution in [0.3, 0.4) is 0 Å². The molecular formula is C9H14O3. The van der Waals surface area contributed by atoms with Crippen LogP contribution in [0.1, 0.15) is 32.6 Å². The number of aliphatic carboxylic acids is 1. The zero-order valence-corrected chi connectivity index (χ0v) is 7.25. The van der Waals surface area contributed by atoms with Crippen LogP contribution in [-0.4, -0.2) is 16.9 Å². The molecule has 0 heterocycles. The molecule has 0 aliphatic heterocycles. The van der Waals surface area contributed by atoms with Crippen LogP contribution in [0.2, 0.25) is 0 Å². The minimum Gasteiger partial charge on any atom is -0.481 e. The maximum absolute atomic E-state index is 11.3. The molecule has 68 valence electrons. The molecule has 1 atom stereocenters. The van der Waals surface area contributed by atoms with E-state index in [4.69, 9.17) is 5.11 Å². The third-order valence-corrected chi connectivity index (χ3v) is 2.49. The summed E-state index contributed by atoms with van der Waals surface area (Å²) >= 11 is 0. The van der Waals surface area contributed by atoms with Gasteiger partial charge in [0.1, 0.15) is 5.78 Å². The molecule has 1 aliphatic carbocycles. The fourth-order valence-corrected chi connectivity index (χ4v) is 1.29. The molecule has 1 rings (SSSR count). The lowest BCUT2D eigenvalue weighted by Gasteiger charge is -2.24. The van der Waals surface area contributed by atoms with Gasteiger partial charge < -0.3 is 5.11 Å². The molecule has 0 radical (unpaired) electrons. The summed E-state index contributed by atoms with van der Waals surface area (Å²) in [4.78, 5) is 21.7. The molecule has 1 N–H and O–H groups in total. The first-order valence-electron chi connectivity index (χ1n) is 4.36. The first-order chi connectivity index (χ1) is 5.61. The summed E-state index contributed by atoms with van der Waals surface area (Å²) in [6.45, 7) is 1.58. The third kappa shape index (κ3) is 2.06. The number of hydrogen-bond acceptors (Lipinski definition) is 2. The minimum atomic E-state index is -0.873. The lowest BCUT2D eigenvalue weighted by molar-refractivity contribution is -0.143. The average Bonchev–Trinajstić information content (AvgIpc) is 1.82. The Hall–Kier alpha value is -0.860. The fraction of sp³-hybridized carbons (Fsp3) is 0.778. The summed E-state index contributed by atoms with van der Waals surface area (Å²) in [5.74, 6) is -1.08. The summed E-state index contributed by atoms with van der Waals surface area (Å²) in [5, 5.41) is 8.55. The van der Waals surface area contributed by atoms with Gasteiger partial charge in [-0.2, -0.15) is 0 Å². The average molecular weight is 170 g/mol. The highest BCUT2D eigenvalue weighted by molar-refractivity contribution is 5.85. The third-order valence-electron chi connectivity index (χ3n) is 2.49. The second kappa shape index (κ2) is 3.70. The number of carbonyl (C=O) groups excluding carboxylic acids is 1. The number of carboxylic acids is 1. The van der Waals surface area contributed by atoms with Crippen LogP contribution < -0.4 is 0 Å². The first kappa shape index (κ1) is 9.23. The maximum atomic E-state index is 11.3. The number of Topliss-reactive ketones (excluding diaryl/α,β-unsaturated/α-hetero) is 1. The van der Waals surface area contributed by atoms with Gasteiger partial charge in [-0.05, 0) is 12.8 Å². The zero-order valence-electron chi connectivity index (χ0n) is 7.25. The highest BCUT2D eigenvalue weighted by Gasteiger charge is 2.27. The molecular weight excluding hydrogens is 156 g/mol. The largest absolute Gasteiger partial charge is 0.481 e. The smallest absolute Gasteiger partial charge is 0.306 e. The second-order valence-electron chi connectivity index (χ2n) is 3.54. The molecule has 0 aromatic rings. The topological polar surface area (TPSA) is 54.4 Å². The lowest BCUT2D eigenvalue weighted by atomic mass is 9.79. The predicted octanol–water partition coefficient (Wildman–Crippen LogP) is 1.47. The normalized spacial score (nSPS) is 19.8. The van der Waals surface area contributed by atoms with Gasteiger partial charge in [0.2, 0.25) is 0 Å². The van der Waals surface area contributed by atoms with Crippen molar-refractivity contribution in [2.75, 3.05) is 0 Å². The van der Waals surface area contributed by atoms with Crippen molar-refractivity contribution in [3.05, 3.63) is 0 Å². The molecule has 0 bridgehead atoms. The Morgan fingerprint density at radius 1 is 1.50 bits per heavy atom. The molecule has 1 saturated carbocycles. The molecule has 3 nitrogen and oxygen atoms in total. The van der Waals surface area contributed by atoms with Crippen molar-refractivity contribution < 1.29 is 14.7 Å². The van der Waals surface area contributed by atoms with Crippen LogP contribution in [0.5, 0.6) is 0 Å². The van der Waals surface area contributed by atoms with E-state index >= 15 is 0 Å². The van der Waals surface area contributed by atoms with Crippen LogP contribution >= 0.6 is 0 Å². The molecule has 0 aromatic carbocycles. The van der Waals surface area contributed by atoms with E-state index in [1.54, 1.807) is 6.92 Å². The monoisotopic (exact) mass is 170 g/mol. The standard InChI is InChI=1S/C9H14O3/c1-6(9(11)12)5-8(10)7-3-2-4-7/h6-7H,2-5H2,1H3,(H,11,12). The van der Waals surface area contributed by atoms with Crippen molar-refractivity contribution in [2.24, 2.45) is 11.8 Å². The number of ketones is 1.